The first-order chi connectivity index (χ1) is 7.58. The molecule has 0 saturated heterocycles. The van der Waals surface area contributed by atoms with Gasteiger partial charge in [-0.05, 0) is 32.9 Å². The van der Waals surface area contributed by atoms with Gasteiger partial charge in [0.25, 0.3) is 0 Å². The van der Waals surface area contributed by atoms with Crippen molar-refractivity contribution < 1.29 is 0 Å². The standard InChI is InChI=1S/C12H14.2C2H6/c1-12(2,3)10-9-11-7-5-4-6-8-11;2*1-2/h4-8H,1-3H3;2*1-2H3. The Kier molecular flexibility index (Phi) is 11.1. The van der Waals surface area contributed by atoms with Crippen LogP contribution in [0.25, 0.3) is 0 Å². The maximum atomic E-state index is 3.19. The Morgan fingerprint density at radius 3 is 1.62 bits per heavy atom. The summed E-state index contributed by atoms with van der Waals surface area (Å²) in [6.45, 7) is 14.3. The smallest absolute Gasteiger partial charge is 0.0245 e. The molecule has 0 fully saturated rings. The monoisotopic (exact) mass is 218 g/mol. The summed E-state index contributed by atoms with van der Waals surface area (Å²) in [6.07, 6.45) is 0. The van der Waals surface area contributed by atoms with Crippen molar-refractivity contribution in [2.75, 3.05) is 0 Å². The zero-order chi connectivity index (χ0) is 13.0. The SMILES string of the molecule is CC.CC.CC(C)(C)C#Cc1ccccc1. The first kappa shape index (κ1) is 17.2. The summed E-state index contributed by atoms with van der Waals surface area (Å²) < 4.78 is 0. The molecule has 0 amide bonds. The van der Waals surface area contributed by atoms with Gasteiger partial charge in [-0.15, -0.1) is 0 Å². The molecule has 1 rings (SSSR count). The van der Waals surface area contributed by atoms with E-state index in [4.69, 9.17) is 0 Å². The molecule has 0 heterocycles. The van der Waals surface area contributed by atoms with E-state index in [1.807, 2.05) is 58.0 Å². The van der Waals surface area contributed by atoms with Crippen molar-refractivity contribution >= 4 is 0 Å². The maximum Gasteiger partial charge on any atom is 0.0245 e. The van der Waals surface area contributed by atoms with Gasteiger partial charge in [-0.2, -0.15) is 0 Å². The molecule has 0 heteroatoms. The average molecular weight is 218 g/mol. The van der Waals surface area contributed by atoms with Gasteiger partial charge in [0.15, 0.2) is 0 Å². The minimum Gasteiger partial charge on any atom is -0.0920 e. The third-order valence-corrected chi connectivity index (χ3v) is 1.36. The van der Waals surface area contributed by atoms with Gasteiger partial charge < -0.3 is 0 Å². The van der Waals surface area contributed by atoms with Gasteiger partial charge in [-0.25, -0.2) is 0 Å². The lowest BCUT2D eigenvalue weighted by Gasteiger charge is -2.06. The molecule has 0 atom stereocenters. The van der Waals surface area contributed by atoms with Crippen molar-refractivity contribution in [3.63, 3.8) is 0 Å². The third kappa shape index (κ3) is 10.9. The maximum absolute atomic E-state index is 3.19. The van der Waals surface area contributed by atoms with Crippen LogP contribution >= 0.6 is 0 Å². The molecule has 0 N–H and O–H groups in total. The number of hydrogen-bond acceptors (Lipinski definition) is 0. The van der Waals surface area contributed by atoms with E-state index in [1.165, 1.54) is 0 Å². The lowest BCUT2D eigenvalue weighted by atomic mass is 9.97. The van der Waals surface area contributed by atoms with Crippen LogP contribution in [-0.2, 0) is 0 Å². The van der Waals surface area contributed by atoms with Crippen molar-refractivity contribution in [2.24, 2.45) is 5.41 Å². The van der Waals surface area contributed by atoms with Crippen molar-refractivity contribution in [1.82, 2.24) is 0 Å². The molecule has 0 bridgehead atoms. The van der Waals surface area contributed by atoms with Gasteiger partial charge in [0.1, 0.15) is 0 Å². The Bertz CT molecular complexity index is 290. The fourth-order valence-electron chi connectivity index (χ4n) is 0.781. The Hall–Kier alpha value is -1.22. The highest BCUT2D eigenvalue weighted by Crippen LogP contribution is 2.10. The fourth-order valence-corrected chi connectivity index (χ4v) is 0.781. The molecule has 16 heavy (non-hydrogen) atoms. The van der Waals surface area contributed by atoms with Crippen molar-refractivity contribution in [2.45, 2.75) is 48.5 Å². The fraction of sp³-hybridized carbons (Fsp3) is 0.500. The van der Waals surface area contributed by atoms with Crippen LogP contribution in [0.5, 0.6) is 0 Å². The van der Waals surface area contributed by atoms with Gasteiger partial charge in [-0.1, -0.05) is 57.7 Å². The Morgan fingerprint density at radius 2 is 1.25 bits per heavy atom. The van der Waals surface area contributed by atoms with Crippen LogP contribution in [0.4, 0.5) is 0 Å². The lowest BCUT2D eigenvalue weighted by Crippen LogP contribution is -1.99. The highest BCUT2D eigenvalue weighted by molar-refractivity contribution is 5.34. The zero-order valence-electron chi connectivity index (χ0n) is 11.9. The first-order valence-electron chi connectivity index (χ1n) is 6.16. The average Bonchev–Trinajstić information content (AvgIpc) is 2.32. The summed E-state index contributed by atoms with van der Waals surface area (Å²) in [5.41, 5.74) is 1.18. The first-order valence-corrected chi connectivity index (χ1v) is 6.16. The second-order valence-electron chi connectivity index (χ2n) is 3.87. The third-order valence-electron chi connectivity index (χ3n) is 1.36. The second kappa shape index (κ2) is 10.3. The normalized spacial score (nSPS) is 8.44. The summed E-state index contributed by atoms with van der Waals surface area (Å²) in [6, 6.07) is 10.1. The molecule has 0 aliphatic rings. The van der Waals surface area contributed by atoms with Gasteiger partial charge in [0.2, 0.25) is 0 Å². The molecule has 0 aliphatic carbocycles. The number of benzene rings is 1. The van der Waals surface area contributed by atoms with Gasteiger partial charge in [-0.3, -0.25) is 0 Å². The molecule has 0 nitrogen and oxygen atoms in total. The largest absolute Gasteiger partial charge is 0.0920 e. The highest BCUT2D eigenvalue weighted by Gasteiger charge is 2.02. The van der Waals surface area contributed by atoms with E-state index < -0.39 is 0 Å². The lowest BCUT2D eigenvalue weighted by molar-refractivity contribution is 0.571. The molecule has 0 aliphatic heterocycles. The van der Waals surface area contributed by atoms with Crippen LogP contribution in [0.2, 0.25) is 0 Å². The minimum absolute atomic E-state index is 0.0931. The van der Waals surface area contributed by atoms with E-state index in [9.17, 15) is 0 Å². The summed E-state index contributed by atoms with van der Waals surface area (Å²) >= 11 is 0. The Labute approximate surface area is 102 Å². The van der Waals surface area contributed by atoms with Crippen LogP contribution in [0.15, 0.2) is 30.3 Å². The Balaban J connectivity index is 0. The van der Waals surface area contributed by atoms with E-state index in [-0.39, 0.29) is 5.41 Å². The van der Waals surface area contributed by atoms with Crippen LogP contribution in [0, 0.1) is 17.3 Å². The van der Waals surface area contributed by atoms with Crippen molar-refractivity contribution in [1.29, 1.82) is 0 Å². The van der Waals surface area contributed by atoms with Crippen LogP contribution in [-0.4, -0.2) is 0 Å². The molecular formula is C16H26. The zero-order valence-corrected chi connectivity index (χ0v) is 11.9. The molecule has 1 aromatic carbocycles. The predicted molar refractivity (Wildman–Crippen MR) is 75.5 cm³/mol. The molecule has 90 valence electrons. The molecule has 0 aromatic heterocycles. The van der Waals surface area contributed by atoms with E-state index in [0.29, 0.717) is 0 Å². The van der Waals surface area contributed by atoms with E-state index in [2.05, 4.69) is 32.6 Å². The summed E-state index contributed by atoms with van der Waals surface area (Å²) in [5, 5.41) is 0. The minimum atomic E-state index is 0.0931. The van der Waals surface area contributed by atoms with Gasteiger partial charge in [0, 0.05) is 11.0 Å². The van der Waals surface area contributed by atoms with Gasteiger partial charge >= 0.3 is 0 Å². The highest BCUT2D eigenvalue weighted by atomic mass is 14.1. The van der Waals surface area contributed by atoms with E-state index in [0.717, 1.165) is 5.56 Å². The summed E-state index contributed by atoms with van der Waals surface area (Å²) in [5.74, 6) is 6.32. The topological polar surface area (TPSA) is 0 Å². The number of hydrogen-bond donors (Lipinski definition) is 0. The molecule has 0 spiro atoms. The summed E-state index contributed by atoms with van der Waals surface area (Å²) in [7, 11) is 0. The molecule has 0 unspecified atom stereocenters. The van der Waals surface area contributed by atoms with Gasteiger partial charge in [0.05, 0.1) is 0 Å². The van der Waals surface area contributed by atoms with E-state index >= 15 is 0 Å². The van der Waals surface area contributed by atoms with Crippen LogP contribution in [0.3, 0.4) is 0 Å². The van der Waals surface area contributed by atoms with Crippen LogP contribution in [0.1, 0.15) is 54.0 Å². The Morgan fingerprint density at radius 1 is 0.812 bits per heavy atom. The molecular weight excluding hydrogens is 192 g/mol. The number of rotatable bonds is 0. The molecule has 0 radical (unpaired) electrons. The van der Waals surface area contributed by atoms with Crippen LogP contribution < -0.4 is 0 Å². The molecule has 1 aromatic rings. The molecule has 0 saturated carbocycles. The van der Waals surface area contributed by atoms with Crippen molar-refractivity contribution in [3.05, 3.63) is 35.9 Å². The van der Waals surface area contributed by atoms with Crippen molar-refractivity contribution in [3.8, 4) is 11.8 Å². The summed E-state index contributed by atoms with van der Waals surface area (Å²) in [4.78, 5) is 0. The predicted octanol–water partition coefficient (Wildman–Crippen LogP) is 5.14. The van der Waals surface area contributed by atoms with E-state index in [1.54, 1.807) is 0 Å². The second-order valence-corrected chi connectivity index (χ2v) is 3.87. The quantitative estimate of drug-likeness (QED) is 0.529.